The van der Waals surface area contributed by atoms with E-state index < -0.39 is 0 Å². The zero-order valence-corrected chi connectivity index (χ0v) is 18.6. The lowest BCUT2D eigenvalue weighted by Gasteiger charge is -2.22. The number of nitrogens with zero attached hydrogens (tertiary/aromatic N) is 3. The maximum atomic E-state index is 4.69. The van der Waals surface area contributed by atoms with Crippen molar-refractivity contribution in [2.75, 3.05) is 34.7 Å². The van der Waals surface area contributed by atoms with Gasteiger partial charge in [-0.1, -0.05) is 76.9 Å². The van der Waals surface area contributed by atoms with E-state index in [-0.39, 0.29) is 0 Å². The smallest absolute Gasteiger partial charge is 0.195 e. The zero-order valence-electron chi connectivity index (χ0n) is 18.6. The Hall–Kier alpha value is -0.990. The van der Waals surface area contributed by atoms with Gasteiger partial charge in [0.25, 0.3) is 0 Å². The molecule has 154 valence electrons. The van der Waals surface area contributed by atoms with Gasteiger partial charge in [-0.25, -0.2) is 0 Å². The zero-order chi connectivity index (χ0) is 19.5. The summed E-state index contributed by atoms with van der Waals surface area (Å²) in [7, 11) is 8.23. The highest BCUT2D eigenvalue weighted by Gasteiger charge is 2.02. The molecule has 0 aliphatic heterocycles. The molecule has 0 spiro atoms. The third-order valence-corrected chi connectivity index (χ3v) is 4.72. The van der Waals surface area contributed by atoms with E-state index in [1.807, 2.05) is 0 Å². The summed E-state index contributed by atoms with van der Waals surface area (Å²) in [5.74, 6) is 1.07. The van der Waals surface area contributed by atoms with E-state index in [1.165, 1.54) is 89.9 Å². The van der Waals surface area contributed by atoms with Gasteiger partial charge in [0.15, 0.2) is 5.96 Å². The number of hydrogen-bond donors (Lipinski definition) is 0. The maximum Gasteiger partial charge on any atom is 0.195 e. The maximum absolute atomic E-state index is 4.69. The van der Waals surface area contributed by atoms with E-state index in [9.17, 15) is 0 Å². The lowest BCUT2D eigenvalue weighted by Crippen LogP contribution is -2.35. The van der Waals surface area contributed by atoms with Crippen molar-refractivity contribution in [1.29, 1.82) is 0 Å². The van der Waals surface area contributed by atoms with Crippen LogP contribution in [0.5, 0.6) is 0 Å². The van der Waals surface area contributed by atoms with Gasteiger partial charge in [0.05, 0.1) is 0 Å². The fraction of sp³-hybridized carbons (Fsp3) is 0.870. The van der Waals surface area contributed by atoms with Crippen molar-refractivity contribution < 1.29 is 0 Å². The number of hydrogen-bond acceptors (Lipinski definition) is 1. The molecule has 0 fully saturated rings. The monoisotopic (exact) mass is 365 g/mol. The first-order valence-corrected chi connectivity index (χ1v) is 11.1. The largest absolute Gasteiger partial charge is 0.349 e. The van der Waals surface area contributed by atoms with Gasteiger partial charge in [-0.15, -0.1) is 0 Å². The molecular weight excluding hydrogens is 318 g/mol. The number of guanidine groups is 1. The van der Waals surface area contributed by atoms with Crippen molar-refractivity contribution in [2.45, 2.75) is 96.8 Å². The van der Waals surface area contributed by atoms with Gasteiger partial charge in [-0.2, -0.15) is 0 Å². The summed E-state index contributed by atoms with van der Waals surface area (Å²) < 4.78 is 0. The fourth-order valence-corrected chi connectivity index (χ4v) is 3.22. The predicted molar refractivity (Wildman–Crippen MR) is 119 cm³/mol. The highest BCUT2D eigenvalue weighted by atomic mass is 15.3. The van der Waals surface area contributed by atoms with Crippen LogP contribution in [0.1, 0.15) is 96.8 Å². The summed E-state index contributed by atoms with van der Waals surface area (Å²) in [6.45, 7) is 3.23. The van der Waals surface area contributed by atoms with Gasteiger partial charge in [0, 0.05) is 34.7 Å². The molecule has 0 amide bonds. The summed E-state index contributed by atoms with van der Waals surface area (Å²) in [5.41, 5.74) is 0. The molecule has 3 heteroatoms. The number of allylic oxidation sites excluding steroid dienone is 2. The molecule has 0 atom stereocenters. The van der Waals surface area contributed by atoms with Gasteiger partial charge in [0.1, 0.15) is 0 Å². The highest BCUT2D eigenvalue weighted by molar-refractivity contribution is 5.79. The van der Waals surface area contributed by atoms with Crippen LogP contribution < -0.4 is 0 Å². The van der Waals surface area contributed by atoms with Crippen LogP contribution in [-0.2, 0) is 0 Å². The van der Waals surface area contributed by atoms with Crippen molar-refractivity contribution in [3.63, 3.8) is 0 Å². The second-order valence-corrected chi connectivity index (χ2v) is 7.91. The van der Waals surface area contributed by atoms with Crippen molar-refractivity contribution in [3.05, 3.63) is 12.2 Å². The quantitative estimate of drug-likeness (QED) is 0.134. The standard InChI is InChI=1S/C23H47N3/c1-6-7-8-9-10-11-12-13-14-15-16-17-18-19-20-21-22-24-23(25(2)3)26(4)5/h13-14H,6-12,15-22H2,1-5H3/b14-13-. The van der Waals surface area contributed by atoms with Crippen molar-refractivity contribution in [3.8, 4) is 0 Å². The first-order valence-electron chi connectivity index (χ1n) is 11.1. The Morgan fingerprint density at radius 1 is 0.615 bits per heavy atom. The van der Waals surface area contributed by atoms with Crippen LogP contribution in [-0.4, -0.2) is 50.5 Å². The lowest BCUT2D eigenvalue weighted by atomic mass is 10.1. The summed E-state index contributed by atoms with van der Waals surface area (Å²) in [6, 6.07) is 0. The van der Waals surface area contributed by atoms with Gasteiger partial charge in [0.2, 0.25) is 0 Å². The van der Waals surface area contributed by atoms with E-state index in [1.54, 1.807) is 0 Å². The van der Waals surface area contributed by atoms with Crippen LogP contribution in [0.15, 0.2) is 17.1 Å². The van der Waals surface area contributed by atoms with E-state index in [4.69, 9.17) is 0 Å². The topological polar surface area (TPSA) is 18.8 Å². The first-order chi connectivity index (χ1) is 12.6. The number of unbranched alkanes of at least 4 members (excludes halogenated alkanes) is 12. The van der Waals surface area contributed by atoms with Crippen LogP contribution >= 0.6 is 0 Å². The molecule has 0 aliphatic rings. The van der Waals surface area contributed by atoms with Crippen LogP contribution in [0.3, 0.4) is 0 Å². The highest BCUT2D eigenvalue weighted by Crippen LogP contribution is 2.10. The second-order valence-electron chi connectivity index (χ2n) is 7.91. The van der Waals surface area contributed by atoms with Gasteiger partial charge >= 0.3 is 0 Å². The minimum absolute atomic E-state index is 0.951. The molecule has 0 N–H and O–H groups in total. The van der Waals surface area contributed by atoms with Gasteiger partial charge in [-0.05, 0) is 32.1 Å². The summed E-state index contributed by atoms with van der Waals surface area (Å²) in [5, 5.41) is 0. The molecule has 0 aliphatic carbocycles. The molecule has 3 nitrogen and oxygen atoms in total. The lowest BCUT2D eigenvalue weighted by molar-refractivity contribution is 0.477. The summed E-state index contributed by atoms with van der Waals surface area (Å²) >= 11 is 0. The molecular formula is C23H47N3. The SMILES string of the molecule is CCCCCCCC/C=C\CCCCCCCCN=C(N(C)C)N(C)C. The first kappa shape index (κ1) is 25.0. The summed E-state index contributed by atoms with van der Waals surface area (Å²) in [4.78, 5) is 8.85. The Morgan fingerprint density at radius 3 is 1.50 bits per heavy atom. The number of rotatable bonds is 16. The molecule has 0 aromatic rings. The minimum Gasteiger partial charge on any atom is -0.349 e. The second kappa shape index (κ2) is 18.8. The molecule has 0 saturated carbocycles. The molecule has 0 heterocycles. The van der Waals surface area contributed by atoms with Crippen LogP contribution in [0.4, 0.5) is 0 Å². The van der Waals surface area contributed by atoms with Crippen molar-refractivity contribution in [1.82, 2.24) is 9.80 Å². The third-order valence-electron chi connectivity index (χ3n) is 4.72. The molecule has 0 radical (unpaired) electrons. The molecule has 0 rings (SSSR count). The normalized spacial score (nSPS) is 11.1. The predicted octanol–water partition coefficient (Wildman–Crippen LogP) is 6.50. The Bertz CT molecular complexity index is 335. The fourth-order valence-electron chi connectivity index (χ4n) is 3.22. The third kappa shape index (κ3) is 16.5. The minimum atomic E-state index is 0.951. The molecule has 0 unspecified atom stereocenters. The molecule has 0 bridgehead atoms. The van der Waals surface area contributed by atoms with E-state index in [0.717, 1.165) is 12.5 Å². The van der Waals surface area contributed by atoms with Crippen molar-refractivity contribution >= 4 is 5.96 Å². The molecule has 26 heavy (non-hydrogen) atoms. The molecule has 0 aromatic heterocycles. The molecule has 0 saturated heterocycles. The Kier molecular flexibility index (Phi) is 18.1. The average molecular weight is 366 g/mol. The summed E-state index contributed by atoms with van der Waals surface area (Å²) in [6.07, 6.45) is 23.8. The van der Waals surface area contributed by atoms with E-state index >= 15 is 0 Å². The Balaban J connectivity index is 3.36. The van der Waals surface area contributed by atoms with Crippen LogP contribution in [0.2, 0.25) is 0 Å². The number of aliphatic imine (C=N–C) groups is 1. The van der Waals surface area contributed by atoms with Crippen molar-refractivity contribution in [2.24, 2.45) is 4.99 Å². The van der Waals surface area contributed by atoms with Crippen LogP contribution in [0.25, 0.3) is 0 Å². The Morgan fingerprint density at radius 2 is 1.04 bits per heavy atom. The average Bonchev–Trinajstić information content (AvgIpc) is 2.60. The van der Waals surface area contributed by atoms with Crippen LogP contribution in [0, 0.1) is 0 Å². The van der Waals surface area contributed by atoms with E-state index in [2.05, 4.69) is 62.1 Å². The van der Waals surface area contributed by atoms with Gasteiger partial charge < -0.3 is 9.80 Å². The Labute approximate surface area is 164 Å². The van der Waals surface area contributed by atoms with E-state index in [0.29, 0.717) is 0 Å². The molecule has 0 aromatic carbocycles. The van der Waals surface area contributed by atoms with Gasteiger partial charge in [-0.3, -0.25) is 4.99 Å².